The van der Waals surface area contributed by atoms with Crippen LogP contribution < -0.4 is 30.4 Å². The molecule has 8 heterocycles. The molecule has 4 aromatic rings. The molecule has 0 aromatic heterocycles. The molecule has 80 heavy (non-hydrogen) atoms. The van der Waals surface area contributed by atoms with Crippen LogP contribution in [0.1, 0.15) is 120 Å². The van der Waals surface area contributed by atoms with Gasteiger partial charge in [-0.25, -0.2) is 0 Å². The number of nitrogens with two attached hydrogens (primary N) is 2. The van der Waals surface area contributed by atoms with Gasteiger partial charge in [0, 0.05) is 52.4 Å². The van der Waals surface area contributed by atoms with Gasteiger partial charge in [0.1, 0.15) is 46.7 Å². The predicted octanol–water partition coefficient (Wildman–Crippen LogP) is 4.02. The second kappa shape index (κ2) is 19.8. The lowest BCUT2D eigenvalue weighted by molar-refractivity contribution is -0.311. The maximum absolute atomic E-state index is 13.1. The number of phenolic OH excluding ortho intramolecular Hbond substituents is 2. The van der Waals surface area contributed by atoms with E-state index in [4.69, 9.17) is 68.3 Å². The van der Waals surface area contributed by atoms with Gasteiger partial charge in [-0.1, -0.05) is 14.9 Å². The van der Waals surface area contributed by atoms with Crippen LogP contribution in [0, 0.1) is 25.7 Å². The average Bonchev–Trinajstić information content (AvgIpc) is 4.07. The van der Waals surface area contributed by atoms with Crippen molar-refractivity contribution in [2.45, 2.75) is 139 Å². The highest BCUT2D eigenvalue weighted by Gasteiger charge is 2.94. The normalized spacial score (nSPS) is 32.7. The van der Waals surface area contributed by atoms with E-state index in [0.717, 1.165) is 17.5 Å². The van der Waals surface area contributed by atoms with Crippen molar-refractivity contribution in [1.82, 2.24) is 0 Å². The van der Waals surface area contributed by atoms with Gasteiger partial charge in [0.2, 0.25) is 22.8 Å². The predicted molar refractivity (Wildman–Crippen MR) is 283 cm³/mol. The highest BCUT2D eigenvalue weighted by Crippen LogP contribution is 2.74. The van der Waals surface area contributed by atoms with Crippen molar-refractivity contribution in [2.24, 2.45) is 23.3 Å². The van der Waals surface area contributed by atoms with Crippen LogP contribution in [0.5, 0.6) is 34.5 Å². The Bertz CT molecular complexity index is 3190. The number of methoxy groups -OCH3 is 2. The number of Topliss-reactive ketones (excluding diaryl/α,β-unsaturated/α-hetero) is 2. The minimum Gasteiger partial charge on any atom is -0.506 e. The fourth-order valence-corrected chi connectivity index (χ4v) is 14.8. The van der Waals surface area contributed by atoms with Crippen LogP contribution in [0.15, 0.2) is 12.1 Å². The molecular formula is C58H74N2O20. The first-order valence-electron chi connectivity index (χ1n) is 27.0. The van der Waals surface area contributed by atoms with Crippen molar-refractivity contribution in [3.8, 4) is 34.5 Å². The number of epoxide rings is 2. The quantitative estimate of drug-likeness (QED) is 0.0580. The number of aliphatic hydroxyl groups excluding tert-OH is 4. The SMILES string of the molecule is C.C.COc1c2c(c(O)c3c4c(c(C)cc13)C1O[C@@]3(C(CO)CO)O[C@@H]1C(OCCCCN)(O4)C31CO1)C(=O)CCC2.COc1c2c(c(O)c3c4c(c(C)cc13)C1O[C@@]3(C(CO)CO)O[C@@H]1C(OCCN)(O4)C31CO1)C(=O)CCC2. The van der Waals surface area contributed by atoms with E-state index in [2.05, 4.69) is 0 Å². The molecule has 10 N–H and O–H groups in total. The molecule has 0 radical (unpaired) electrons. The first kappa shape index (κ1) is 56.8. The van der Waals surface area contributed by atoms with Crippen molar-refractivity contribution < 1.29 is 97.1 Å². The maximum atomic E-state index is 13.1. The average molecular weight is 1120 g/mol. The number of ketones is 2. The van der Waals surface area contributed by atoms with E-state index in [9.17, 15) is 40.2 Å². The Morgan fingerprint density at radius 3 is 1.39 bits per heavy atom. The number of aromatic hydroxyl groups is 2. The van der Waals surface area contributed by atoms with Gasteiger partial charge in [-0.2, -0.15) is 0 Å². The van der Waals surface area contributed by atoms with Crippen LogP contribution in [0.3, 0.4) is 0 Å². The molecule has 0 saturated carbocycles. The number of rotatable bonds is 16. The standard InChI is InChI=1S/C29H35NO10.C27H31NO10.2CH4/c1-14-10-17-21(22(34)20-16(23(17)35-2)6-5-7-18(20)33)24-19(14)25-26-29(38-24,36-9-4-3-8-30)27(13-37-27)28(39-25,40-26)15(11-31)12-32;1-12-8-15-19(20(32)18-14(21(15)33-2)4-3-5-16(18)31)22-17(12)23-24-27(36-22,34-7-6-28)25(11-35-25)26(37-23,38-24)13(9-29)10-30;;/h10,15,25-26,31-32,34H,3-9,11-13,30H2,1-2H3;8,13,23-24,29-30,32H,3-7,9-11,28H2,1-2H3;2*1H4/t25?,26-,27?,28-,29?;23?,24-,25?,26-,27?;;/m00../s1. The minimum atomic E-state index is -1.54. The molecule has 4 aromatic carbocycles. The number of benzene rings is 4. The Kier molecular flexibility index (Phi) is 14.1. The van der Waals surface area contributed by atoms with Gasteiger partial charge in [0.25, 0.3) is 11.6 Å². The highest BCUT2D eigenvalue weighted by atomic mass is 16.9. The molecule has 22 heteroatoms. The van der Waals surface area contributed by atoms with Gasteiger partial charge < -0.3 is 98.9 Å². The largest absolute Gasteiger partial charge is 0.506 e. The van der Waals surface area contributed by atoms with Crippen LogP contribution in [0.4, 0.5) is 0 Å². The van der Waals surface area contributed by atoms with Crippen LogP contribution in [-0.2, 0) is 50.7 Å². The van der Waals surface area contributed by atoms with E-state index in [1.54, 1.807) is 14.2 Å². The van der Waals surface area contributed by atoms with Gasteiger partial charge in [0.05, 0.1) is 101 Å². The number of hydrogen-bond acceptors (Lipinski definition) is 22. The summed E-state index contributed by atoms with van der Waals surface area (Å²) in [4.78, 5) is 26.1. The van der Waals surface area contributed by atoms with E-state index < -0.39 is 97.0 Å². The molecule has 14 rings (SSSR count). The van der Waals surface area contributed by atoms with Crippen LogP contribution >= 0.6 is 0 Å². The number of carbonyl (C=O) groups excluding carboxylic acids is 2. The Morgan fingerprint density at radius 1 is 0.613 bits per heavy atom. The van der Waals surface area contributed by atoms with E-state index in [1.807, 2.05) is 26.0 Å². The fraction of sp³-hybridized carbons (Fsp3) is 0.621. The van der Waals surface area contributed by atoms with Crippen LogP contribution in [-0.4, -0.2) is 169 Å². The number of unbranched alkanes of at least 4 members (excludes halogenated alkanes) is 1. The minimum absolute atomic E-state index is 0. The number of hydrogen-bond donors (Lipinski definition) is 8. The molecule has 2 aliphatic carbocycles. The van der Waals surface area contributed by atoms with Crippen molar-refractivity contribution in [1.29, 1.82) is 0 Å². The van der Waals surface area contributed by atoms with Gasteiger partial charge in [-0.3, -0.25) is 9.59 Å². The second-order valence-electron chi connectivity index (χ2n) is 22.1. The number of carbonyl (C=O) groups is 2. The van der Waals surface area contributed by atoms with Crippen LogP contribution in [0.2, 0.25) is 0 Å². The lowest BCUT2D eigenvalue weighted by Crippen LogP contribution is -2.69. The third-order valence-corrected chi connectivity index (χ3v) is 18.3. The van der Waals surface area contributed by atoms with E-state index in [-0.39, 0.29) is 82.0 Å². The molecule has 10 aliphatic rings. The van der Waals surface area contributed by atoms with Gasteiger partial charge in [-0.05, 0) is 82.2 Å². The van der Waals surface area contributed by atoms with Gasteiger partial charge >= 0.3 is 0 Å². The Balaban J connectivity index is 0.000000165. The van der Waals surface area contributed by atoms with E-state index in [0.29, 0.717) is 118 Å². The molecule has 4 bridgehead atoms. The highest BCUT2D eigenvalue weighted by molar-refractivity contribution is 6.13. The summed E-state index contributed by atoms with van der Waals surface area (Å²) >= 11 is 0. The van der Waals surface area contributed by atoms with E-state index >= 15 is 0 Å². The molecule has 6 fully saturated rings. The summed E-state index contributed by atoms with van der Waals surface area (Å²) < 4.78 is 76.6. The lowest BCUT2D eigenvalue weighted by atomic mass is 9.75. The van der Waals surface area contributed by atoms with E-state index in [1.165, 1.54) is 0 Å². The first-order valence-corrected chi connectivity index (χ1v) is 27.0. The zero-order valence-corrected chi connectivity index (χ0v) is 43.9. The third kappa shape index (κ3) is 6.85. The van der Waals surface area contributed by atoms with Crippen LogP contribution in [0.25, 0.3) is 21.5 Å². The molecule has 6 saturated heterocycles. The lowest BCUT2D eigenvalue weighted by Gasteiger charge is -2.50. The summed E-state index contributed by atoms with van der Waals surface area (Å²) in [6, 6.07) is 3.80. The molecular weight excluding hydrogens is 1040 g/mol. The zero-order chi connectivity index (χ0) is 54.6. The third-order valence-electron chi connectivity index (χ3n) is 18.3. The summed E-state index contributed by atoms with van der Waals surface area (Å²) in [6.45, 7) is 3.58. The van der Waals surface area contributed by atoms with Crippen molar-refractivity contribution in [2.75, 3.05) is 80.2 Å². The van der Waals surface area contributed by atoms with Crippen molar-refractivity contribution in [3.63, 3.8) is 0 Å². The Morgan fingerprint density at radius 2 is 1.02 bits per heavy atom. The monoisotopic (exact) mass is 1120 g/mol. The smallest absolute Gasteiger partial charge is 0.277 e. The molecule has 6 unspecified atom stereocenters. The summed E-state index contributed by atoms with van der Waals surface area (Å²) in [5, 5.41) is 66.0. The summed E-state index contributed by atoms with van der Waals surface area (Å²) in [6.07, 6.45) is 1.63. The topological polar surface area (TPSA) is 325 Å². The number of aliphatic hydroxyl groups is 4. The van der Waals surface area contributed by atoms with Crippen molar-refractivity contribution in [3.05, 3.63) is 56.6 Å². The second-order valence-corrected chi connectivity index (χ2v) is 22.1. The molecule has 8 aliphatic heterocycles. The van der Waals surface area contributed by atoms with Crippen molar-refractivity contribution >= 4 is 33.1 Å². The number of phenols is 2. The molecule has 10 atom stereocenters. The summed E-state index contributed by atoms with van der Waals surface area (Å²) in [5.41, 5.74) is 13.8. The zero-order valence-electron chi connectivity index (χ0n) is 43.9. The number of fused-ring (bicyclic) bond motifs is 16. The first-order chi connectivity index (χ1) is 37.7. The maximum Gasteiger partial charge on any atom is 0.277 e. The molecule has 436 valence electrons. The Hall–Kier alpha value is -5.02. The number of ether oxygens (including phenoxy) is 12. The Labute approximate surface area is 462 Å². The number of aryl methyl sites for hydroxylation is 2. The molecule has 0 amide bonds. The molecule has 2 spiro atoms. The summed E-state index contributed by atoms with van der Waals surface area (Å²) in [5.74, 6) is -6.64. The summed E-state index contributed by atoms with van der Waals surface area (Å²) in [7, 11) is 3.11. The fourth-order valence-electron chi connectivity index (χ4n) is 14.8. The van der Waals surface area contributed by atoms with Gasteiger partial charge in [0.15, 0.2) is 23.8 Å². The van der Waals surface area contributed by atoms with Gasteiger partial charge in [-0.15, -0.1) is 0 Å². The molecule has 22 nitrogen and oxygen atoms in total.